The van der Waals surface area contributed by atoms with Gasteiger partial charge in [0.25, 0.3) is 0 Å². The number of aliphatic hydroxyl groups is 11. The quantitative estimate of drug-likeness (QED) is 0.183. The molecule has 0 aromatic heterocycles. The minimum atomic E-state index is -2.32. The zero-order valence-corrected chi connectivity index (χ0v) is 37.7. The van der Waals surface area contributed by atoms with Crippen LogP contribution in [0.15, 0.2) is 85.1 Å². The highest BCUT2D eigenvalue weighted by molar-refractivity contribution is 5.71. The highest BCUT2D eigenvalue weighted by atomic mass is 16.7. The van der Waals surface area contributed by atoms with Crippen molar-refractivity contribution >= 4 is 5.97 Å². The number of allylic oxidation sites excluding steroid dienone is 12. The van der Waals surface area contributed by atoms with Crippen molar-refractivity contribution in [2.75, 3.05) is 0 Å². The third-order valence-corrected chi connectivity index (χ3v) is 12.1. The number of fused-ring (bicyclic) bond motifs is 2. The third kappa shape index (κ3) is 18.9. The molecule has 2 saturated heterocycles. The first-order valence-corrected chi connectivity index (χ1v) is 22.5. The fourth-order valence-corrected chi connectivity index (χ4v) is 8.09. The predicted molar refractivity (Wildman–Crippen MR) is 238 cm³/mol. The van der Waals surface area contributed by atoms with Crippen molar-refractivity contribution < 1.29 is 85.0 Å². The summed E-state index contributed by atoms with van der Waals surface area (Å²) in [5.74, 6) is -5.99. The Labute approximate surface area is 381 Å². The van der Waals surface area contributed by atoms with Gasteiger partial charge in [-0.05, 0) is 33.1 Å². The smallest absolute Gasteiger partial charge is 0.311 e. The fraction of sp³-hybridized carbons (Fsp3) is 0.681. The summed E-state index contributed by atoms with van der Waals surface area (Å²) in [6.45, 7) is 6.87. The highest BCUT2D eigenvalue weighted by Gasteiger charge is 2.51. The van der Waals surface area contributed by atoms with Crippen LogP contribution >= 0.6 is 0 Å². The van der Waals surface area contributed by atoms with Crippen LogP contribution < -0.4 is 5.73 Å². The van der Waals surface area contributed by atoms with E-state index in [4.69, 9.17) is 24.7 Å². The summed E-state index contributed by atoms with van der Waals surface area (Å²) in [6.07, 6.45) is 2.87. The van der Waals surface area contributed by atoms with E-state index in [1.807, 2.05) is 43.4 Å². The number of aliphatic carboxylic acids is 1. The van der Waals surface area contributed by atoms with Crippen LogP contribution in [-0.2, 0) is 23.7 Å². The largest absolute Gasteiger partial charge is 0.481 e. The van der Waals surface area contributed by atoms with E-state index in [-0.39, 0.29) is 38.0 Å². The number of aliphatic hydroxyl groups excluding tert-OH is 10. The molecule has 0 radical (unpaired) electrons. The molecule has 18 nitrogen and oxygen atoms in total. The van der Waals surface area contributed by atoms with Gasteiger partial charge in [0.2, 0.25) is 0 Å². The molecule has 0 saturated carbocycles. The number of hydrogen-bond donors (Lipinski definition) is 13. The highest BCUT2D eigenvalue weighted by Crippen LogP contribution is 2.38. The lowest BCUT2D eigenvalue weighted by molar-refractivity contribution is -0.308. The molecule has 18 heteroatoms. The molecule has 20 atom stereocenters. The maximum absolute atomic E-state index is 12.5. The molecule has 3 heterocycles. The van der Waals surface area contributed by atoms with Crippen LogP contribution in [0.1, 0.15) is 79.1 Å². The van der Waals surface area contributed by atoms with Crippen LogP contribution in [0.3, 0.4) is 0 Å². The second kappa shape index (κ2) is 27.7. The summed E-state index contributed by atoms with van der Waals surface area (Å²) >= 11 is 0. The maximum atomic E-state index is 12.5. The molecule has 0 spiro atoms. The molecule has 3 rings (SSSR count). The summed E-state index contributed by atoms with van der Waals surface area (Å²) in [5, 5.41) is 129. The lowest BCUT2D eigenvalue weighted by atomic mass is 9.82. The molecule has 14 N–H and O–H groups in total. The van der Waals surface area contributed by atoms with Crippen molar-refractivity contribution in [2.45, 2.75) is 183 Å². The molecular weight excluding hydrogens is 851 g/mol. The standard InChI is InChI=1S/C47H75NO17/c1-27-17-15-13-11-9-7-5-6-8-10-12-14-16-18-34(64-46-44(58)41(48)43(57)30(4)63-46)24-38-40(45(59)60)37(54)26-47(61,65-38)25-33(51)22-36(53)35(52)20-19-31(49)21-32(50)23-39(55)62-29(3)28(2)42(27)56/h5-18,27-44,46,49-58,61H,19-26,48H2,1-4H3,(H,59,60)/b6-5+,9-7+,10-8+,13-11+,14-12+,17-15+,18-16+/t27-,28-,29-,30?,31+,32+,33-,34-,35+,36+,37-,38-,39-,40+,41?,42+,43?,44?,46?,47+/m0/s1. The number of carboxylic acid groups (broad SMARTS) is 1. The third-order valence-electron chi connectivity index (χ3n) is 12.1. The van der Waals surface area contributed by atoms with Crippen molar-refractivity contribution in [3.05, 3.63) is 85.1 Å². The van der Waals surface area contributed by atoms with Gasteiger partial charge in [0.15, 0.2) is 18.4 Å². The molecule has 0 amide bonds. The normalized spacial score (nSPS) is 46.7. The predicted octanol–water partition coefficient (Wildman–Crippen LogP) is 0.504. The Bertz CT molecular complexity index is 1620. The Balaban J connectivity index is 1.86. The van der Waals surface area contributed by atoms with Gasteiger partial charge in [-0.1, -0.05) is 98.9 Å². The lowest BCUT2D eigenvalue weighted by Crippen LogP contribution is -2.61. The van der Waals surface area contributed by atoms with Crippen molar-refractivity contribution in [1.82, 2.24) is 0 Å². The first-order valence-electron chi connectivity index (χ1n) is 22.5. The van der Waals surface area contributed by atoms with Crippen LogP contribution in [0.4, 0.5) is 0 Å². The fourth-order valence-electron chi connectivity index (χ4n) is 8.09. The van der Waals surface area contributed by atoms with E-state index < -0.39 is 141 Å². The number of hydrogen-bond acceptors (Lipinski definition) is 17. The van der Waals surface area contributed by atoms with Gasteiger partial charge in [0.05, 0.1) is 79.3 Å². The Morgan fingerprint density at radius 1 is 0.600 bits per heavy atom. The van der Waals surface area contributed by atoms with Crippen molar-refractivity contribution in [3.8, 4) is 0 Å². The Morgan fingerprint density at radius 2 is 1.17 bits per heavy atom. The monoisotopic (exact) mass is 926 g/mol. The summed E-state index contributed by atoms with van der Waals surface area (Å²) < 4.78 is 23.4. The average molecular weight is 926 g/mol. The summed E-state index contributed by atoms with van der Waals surface area (Å²) in [7, 11) is 0. The minimum Gasteiger partial charge on any atom is -0.481 e. The van der Waals surface area contributed by atoms with Gasteiger partial charge in [-0.2, -0.15) is 0 Å². The molecular formula is C47H75NO17. The molecule has 0 aliphatic carbocycles. The molecule has 0 aromatic carbocycles. The lowest BCUT2D eigenvalue weighted by Gasteiger charge is -2.45. The van der Waals surface area contributed by atoms with Crippen LogP contribution in [0.25, 0.3) is 0 Å². The zero-order valence-electron chi connectivity index (χ0n) is 37.7. The van der Waals surface area contributed by atoms with E-state index >= 15 is 0 Å². The van der Waals surface area contributed by atoms with Gasteiger partial charge >= 0.3 is 5.97 Å². The molecule has 3 aliphatic heterocycles. The van der Waals surface area contributed by atoms with Gasteiger partial charge in [-0.15, -0.1) is 0 Å². The average Bonchev–Trinajstić information content (AvgIpc) is 3.21. The van der Waals surface area contributed by atoms with E-state index in [1.165, 1.54) is 13.0 Å². The number of rotatable bonds is 3. The second-order valence-electron chi connectivity index (χ2n) is 17.7. The SMILES string of the molecule is CC1OC(O[C@H]2/C=C/C=C/C=C/C=C/C=C/C=C/C=C/[C@H](C)[C@@H](O)[C@@H](C)[C@H](C)O[C@H](O)C[C@H](O)C[C@H](O)CC[C@@H](O)[C@H](O)C[C@H](O)C[C@]3(O)C[C@H](O)[C@@H](C(=O)O)[C@H](C2)O3)C(O)C(N)C1O. The number of nitrogens with two attached hydrogens (primary N) is 1. The van der Waals surface area contributed by atoms with Gasteiger partial charge in [-0.3, -0.25) is 4.79 Å². The van der Waals surface area contributed by atoms with Crippen molar-refractivity contribution in [1.29, 1.82) is 0 Å². The van der Waals surface area contributed by atoms with E-state index in [0.29, 0.717) is 0 Å². The minimum absolute atomic E-state index is 0.0775. The van der Waals surface area contributed by atoms with Gasteiger partial charge in [0.1, 0.15) is 12.0 Å². The number of ether oxygens (including phenoxy) is 4. The molecule has 65 heavy (non-hydrogen) atoms. The molecule has 370 valence electrons. The zero-order chi connectivity index (χ0) is 48.4. The molecule has 0 aromatic rings. The second-order valence-corrected chi connectivity index (χ2v) is 17.7. The summed E-state index contributed by atoms with van der Waals surface area (Å²) in [6, 6.07) is -1.15. The van der Waals surface area contributed by atoms with Gasteiger partial charge < -0.3 is 86.0 Å². The van der Waals surface area contributed by atoms with Crippen LogP contribution in [0, 0.1) is 17.8 Å². The summed E-state index contributed by atoms with van der Waals surface area (Å²) in [4.78, 5) is 12.5. The Morgan fingerprint density at radius 3 is 1.75 bits per heavy atom. The van der Waals surface area contributed by atoms with E-state index in [0.717, 1.165) is 0 Å². The van der Waals surface area contributed by atoms with Crippen molar-refractivity contribution in [2.24, 2.45) is 23.5 Å². The number of carboxylic acids is 1. The first-order chi connectivity index (χ1) is 30.6. The Kier molecular flexibility index (Phi) is 24.0. The topological polar surface area (TPSA) is 323 Å². The molecule has 2 bridgehead atoms. The van der Waals surface area contributed by atoms with Crippen LogP contribution in [0.5, 0.6) is 0 Å². The van der Waals surface area contributed by atoms with E-state index in [1.54, 1.807) is 56.4 Å². The summed E-state index contributed by atoms with van der Waals surface area (Å²) in [5.41, 5.74) is 6.02. The van der Waals surface area contributed by atoms with Gasteiger partial charge in [0, 0.05) is 43.9 Å². The Hall–Kier alpha value is -2.99. The van der Waals surface area contributed by atoms with Crippen molar-refractivity contribution in [3.63, 3.8) is 0 Å². The van der Waals surface area contributed by atoms with Crippen LogP contribution in [-0.4, -0.2) is 171 Å². The molecule has 2 fully saturated rings. The molecule has 3 aliphatic rings. The number of carbonyl (C=O) groups is 1. The van der Waals surface area contributed by atoms with Gasteiger partial charge in [-0.25, -0.2) is 0 Å². The first kappa shape index (κ1) is 56.3. The van der Waals surface area contributed by atoms with Crippen LogP contribution in [0.2, 0.25) is 0 Å². The maximum Gasteiger partial charge on any atom is 0.311 e. The molecule has 5 unspecified atom stereocenters. The van der Waals surface area contributed by atoms with E-state index in [9.17, 15) is 66.1 Å². The van der Waals surface area contributed by atoms with E-state index in [2.05, 4.69) is 0 Å².